The van der Waals surface area contributed by atoms with Gasteiger partial charge in [-0.05, 0) is 42.7 Å². The van der Waals surface area contributed by atoms with E-state index in [2.05, 4.69) is 15.0 Å². The topological polar surface area (TPSA) is 67.2 Å². The minimum Gasteiger partial charge on any atom is -0.367 e. The molecular weight excluding hydrogens is 489 g/mol. The number of pyridine rings is 1. The normalized spacial score (nSPS) is 14.4. The van der Waals surface area contributed by atoms with Crippen molar-refractivity contribution in [1.82, 2.24) is 24.4 Å². The highest BCUT2D eigenvalue weighted by atomic mass is 32.2. The highest BCUT2D eigenvalue weighted by Gasteiger charge is 2.32. The number of carbonyl (C=O) groups excluding carboxylic acids is 1. The van der Waals surface area contributed by atoms with Gasteiger partial charge in [-0.25, -0.2) is 15.0 Å². The lowest BCUT2D eigenvalue weighted by Gasteiger charge is -2.37. The molecule has 36 heavy (non-hydrogen) atoms. The van der Waals surface area contributed by atoms with Crippen LogP contribution in [0.3, 0.4) is 0 Å². The summed E-state index contributed by atoms with van der Waals surface area (Å²) in [6.45, 7) is 2.11. The molecule has 0 unspecified atom stereocenters. The monoisotopic (exact) mass is 512 g/mol. The van der Waals surface area contributed by atoms with E-state index in [-0.39, 0.29) is 12.5 Å². The van der Waals surface area contributed by atoms with E-state index in [1.807, 2.05) is 40.1 Å². The van der Waals surface area contributed by atoms with Crippen LogP contribution < -0.4 is 4.90 Å². The summed E-state index contributed by atoms with van der Waals surface area (Å²) in [4.78, 5) is 29.6. The number of piperazine rings is 1. The molecule has 11 heteroatoms. The first-order chi connectivity index (χ1) is 17.3. The van der Waals surface area contributed by atoms with Gasteiger partial charge in [0.05, 0.1) is 5.56 Å². The lowest BCUT2D eigenvalue weighted by atomic mass is 10.0. The number of hydrogen-bond acceptors (Lipinski definition) is 6. The molecule has 186 valence electrons. The number of rotatable bonds is 5. The molecule has 1 fully saturated rings. The zero-order chi connectivity index (χ0) is 25.3. The van der Waals surface area contributed by atoms with Crippen LogP contribution in [0, 0.1) is 0 Å². The van der Waals surface area contributed by atoms with Crippen molar-refractivity contribution in [3.05, 3.63) is 66.7 Å². The summed E-state index contributed by atoms with van der Waals surface area (Å²) in [5.74, 6) is -0.0218. The summed E-state index contributed by atoms with van der Waals surface area (Å²) in [7, 11) is 0. The Morgan fingerprint density at radius 2 is 1.78 bits per heavy atom. The van der Waals surface area contributed by atoms with E-state index in [1.165, 1.54) is 17.8 Å². The van der Waals surface area contributed by atoms with Gasteiger partial charge >= 0.3 is 6.18 Å². The minimum absolute atomic E-state index is 0.0218. The van der Waals surface area contributed by atoms with Crippen LogP contribution in [-0.2, 0) is 17.5 Å². The molecule has 0 saturated carbocycles. The third-order valence-electron chi connectivity index (χ3n) is 6.25. The predicted molar refractivity (Wildman–Crippen MR) is 133 cm³/mol. The molecule has 1 aromatic carbocycles. The van der Waals surface area contributed by atoms with Gasteiger partial charge in [0.2, 0.25) is 5.91 Å². The summed E-state index contributed by atoms with van der Waals surface area (Å²) in [6, 6.07) is 9.47. The van der Waals surface area contributed by atoms with Crippen LogP contribution in [-0.4, -0.2) is 62.8 Å². The van der Waals surface area contributed by atoms with Gasteiger partial charge in [-0.3, -0.25) is 4.79 Å². The van der Waals surface area contributed by atoms with E-state index < -0.39 is 11.7 Å². The van der Waals surface area contributed by atoms with Crippen molar-refractivity contribution in [2.45, 2.75) is 17.9 Å². The number of amides is 1. The summed E-state index contributed by atoms with van der Waals surface area (Å²) >= 11 is 1.36. The third kappa shape index (κ3) is 4.88. The van der Waals surface area contributed by atoms with Crippen LogP contribution in [0.4, 0.5) is 18.9 Å². The molecule has 5 rings (SSSR count). The molecule has 0 radical (unpaired) electrons. The molecule has 4 heterocycles. The van der Waals surface area contributed by atoms with E-state index >= 15 is 0 Å². The Morgan fingerprint density at radius 1 is 1.03 bits per heavy atom. The van der Waals surface area contributed by atoms with E-state index in [1.54, 1.807) is 23.5 Å². The van der Waals surface area contributed by atoms with Crippen LogP contribution in [0.1, 0.15) is 5.56 Å². The maximum absolute atomic E-state index is 13.5. The second-order valence-electron chi connectivity index (χ2n) is 8.42. The van der Waals surface area contributed by atoms with Gasteiger partial charge in [-0.15, -0.1) is 0 Å². The van der Waals surface area contributed by atoms with Crippen molar-refractivity contribution in [3.8, 4) is 11.1 Å². The molecule has 1 aliphatic rings. The largest absolute Gasteiger partial charge is 0.416 e. The predicted octanol–water partition coefficient (Wildman–Crippen LogP) is 4.58. The highest BCUT2D eigenvalue weighted by molar-refractivity contribution is 7.98. The zero-order valence-electron chi connectivity index (χ0n) is 19.4. The van der Waals surface area contributed by atoms with Gasteiger partial charge in [0.25, 0.3) is 0 Å². The van der Waals surface area contributed by atoms with Gasteiger partial charge in [0, 0.05) is 73.2 Å². The van der Waals surface area contributed by atoms with Crippen LogP contribution >= 0.6 is 11.8 Å². The maximum Gasteiger partial charge on any atom is 0.416 e. The molecule has 1 aliphatic heterocycles. The molecule has 3 aromatic heterocycles. The Kier molecular flexibility index (Phi) is 6.57. The molecule has 0 atom stereocenters. The second-order valence-corrected chi connectivity index (χ2v) is 9.19. The Hall–Kier alpha value is -3.60. The first-order valence-corrected chi connectivity index (χ1v) is 12.6. The number of nitrogens with zero attached hydrogens (tertiary/aromatic N) is 6. The molecule has 1 amide bonds. The number of hydrogen-bond donors (Lipinski definition) is 0. The fourth-order valence-corrected chi connectivity index (χ4v) is 4.69. The SMILES string of the molecule is CSc1ncc(-c2cc(C(F)(F)F)ccc2N2CCN(C(=O)Cn3ccc4cccnc43)CC2)cn1. The molecule has 0 bridgehead atoms. The highest BCUT2D eigenvalue weighted by Crippen LogP contribution is 2.38. The molecular formula is C25H23F3N6OS. The Bertz CT molecular complexity index is 1380. The first-order valence-electron chi connectivity index (χ1n) is 11.3. The fraction of sp³-hybridized carbons (Fsp3) is 0.280. The summed E-state index contributed by atoms with van der Waals surface area (Å²) in [5.41, 5.74) is 1.63. The number of anilines is 1. The van der Waals surface area contributed by atoms with Crippen molar-refractivity contribution in [2.24, 2.45) is 0 Å². The van der Waals surface area contributed by atoms with Crippen molar-refractivity contribution < 1.29 is 18.0 Å². The smallest absolute Gasteiger partial charge is 0.367 e. The quantitative estimate of drug-likeness (QED) is 0.288. The number of alkyl halides is 3. The molecule has 0 aliphatic carbocycles. The number of thioether (sulfide) groups is 1. The third-order valence-corrected chi connectivity index (χ3v) is 6.82. The zero-order valence-corrected chi connectivity index (χ0v) is 20.3. The first kappa shape index (κ1) is 24.1. The molecule has 4 aromatic rings. The average Bonchev–Trinajstić information content (AvgIpc) is 3.30. The second kappa shape index (κ2) is 9.81. The van der Waals surface area contributed by atoms with E-state index in [0.717, 1.165) is 23.2 Å². The van der Waals surface area contributed by atoms with E-state index in [4.69, 9.17) is 0 Å². The summed E-state index contributed by atoms with van der Waals surface area (Å²) < 4.78 is 42.2. The summed E-state index contributed by atoms with van der Waals surface area (Å²) in [6.07, 6.45) is 4.02. The minimum atomic E-state index is -4.46. The van der Waals surface area contributed by atoms with Crippen molar-refractivity contribution in [1.29, 1.82) is 0 Å². The van der Waals surface area contributed by atoms with Gasteiger partial charge < -0.3 is 14.4 Å². The fourth-order valence-electron chi connectivity index (χ4n) is 4.37. The molecule has 1 saturated heterocycles. The van der Waals surface area contributed by atoms with Gasteiger partial charge in [0.1, 0.15) is 12.2 Å². The number of carbonyl (C=O) groups is 1. The van der Waals surface area contributed by atoms with Crippen molar-refractivity contribution in [3.63, 3.8) is 0 Å². The van der Waals surface area contributed by atoms with Crippen molar-refractivity contribution in [2.75, 3.05) is 37.3 Å². The standard InChI is InChI=1S/C25H23F3N6OS/c1-36-24-30-14-18(15-31-24)20-13-19(25(26,27)28)4-5-21(20)32-9-11-33(12-10-32)22(35)16-34-8-6-17-3-2-7-29-23(17)34/h2-8,13-15H,9-12,16H2,1H3. The number of benzene rings is 1. The maximum atomic E-state index is 13.5. The van der Waals surface area contributed by atoms with Gasteiger partial charge in [0.15, 0.2) is 5.16 Å². The average molecular weight is 513 g/mol. The Balaban J connectivity index is 1.34. The number of aromatic nitrogens is 4. The van der Waals surface area contributed by atoms with Crippen LogP contribution in [0.25, 0.3) is 22.2 Å². The lowest BCUT2D eigenvalue weighted by Crippen LogP contribution is -2.49. The lowest BCUT2D eigenvalue weighted by molar-refractivity contribution is -0.137. The Morgan fingerprint density at radius 3 is 2.47 bits per heavy atom. The summed E-state index contributed by atoms with van der Waals surface area (Å²) in [5, 5.41) is 1.52. The van der Waals surface area contributed by atoms with Crippen LogP contribution in [0.15, 0.2) is 66.3 Å². The van der Waals surface area contributed by atoms with E-state index in [0.29, 0.717) is 48.1 Å². The molecule has 0 spiro atoms. The van der Waals surface area contributed by atoms with E-state index in [9.17, 15) is 18.0 Å². The van der Waals surface area contributed by atoms with Gasteiger partial charge in [-0.2, -0.15) is 13.2 Å². The molecule has 7 nitrogen and oxygen atoms in total. The van der Waals surface area contributed by atoms with Crippen LogP contribution in [0.2, 0.25) is 0 Å². The Labute approximate surface area is 210 Å². The molecule has 0 N–H and O–H groups in total. The van der Waals surface area contributed by atoms with Crippen LogP contribution in [0.5, 0.6) is 0 Å². The van der Waals surface area contributed by atoms with Gasteiger partial charge in [-0.1, -0.05) is 11.8 Å². The number of halogens is 3. The van der Waals surface area contributed by atoms with Crippen molar-refractivity contribution >= 4 is 34.4 Å². The number of fused-ring (bicyclic) bond motifs is 1.